The second-order valence-corrected chi connectivity index (χ2v) is 7.00. The van der Waals surface area contributed by atoms with E-state index in [4.69, 9.17) is 9.26 Å². The maximum Gasteiger partial charge on any atom is 0.258 e. The van der Waals surface area contributed by atoms with Crippen LogP contribution in [0.25, 0.3) is 28.5 Å². The van der Waals surface area contributed by atoms with Gasteiger partial charge in [-0.1, -0.05) is 29.4 Å². The number of carbonyl (C=O) groups is 1. The highest BCUT2D eigenvalue weighted by Gasteiger charge is 2.23. The molecule has 30 heavy (non-hydrogen) atoms. The lowest BCUT2D eigenvalue weighted by Crippen LogP contribution is -2.26. The lowest BCUT2D eigenvalue weighted by atomic mass is 10.2. The van der Waals surface area contributed by atoms with Crippen molar-refractivity contribution in [1.29, 1.82) is 0 Å². The summed E-state index contributed by atoms with van der Waals surface area (Å²) in [6.07, 6.45) is 4.81. The molecule has 5 rings (SSSR count). The summed E-state index contributed by atoms with van der Waals surface area (Å²) in [6.45, 7) is 0.629. The van der Waals surface area contributed by atoms with E-state index in [2.05, 4.69) is 20.6 Å². The largest absolute Gasteiger partial charge is 0.368 e. The third-order valence-corrected chi connectivity index (χ3v) is 4.89. The zero-order valence-corrected chi connectivity index (χ0v) is 16.1. The second-order valence-electron chi connectivity index (χ2n) is 7.00. The van der Waals surface area contributed by atoms with Crippen LogP contribution in [0.15, 0.2) is 71.5 Å². The number of nitrogens with one attached hydrogen (secondary N) is 1. The second kappa shape index (κ2) is 7.92. The highest BCUT2D eigenvalue weighted by Crippen LogP contribution is 2.25. The van der Waals surface area contributed by atoms with Gasteiger partial charge in [0.25, 0.3) is 11.8 Å². The zero-order chi connectivity index (χ0) is 20.3. The molecule has 1 fully saturated rings. The van der Waals surface area contributed by atoms with Crippen molar-refractivity contribution < 1.29 is 14.1 Å². The Morgan fingerprint density at radius 3 is 2.83 bits per heavy atom. The van der Waals surface area contributed by atoms with Gasteiger partial charge in [0.2, 0.25) is 5.82 Å². The van der Waals surface area contributed by atoms with Crippen LogP contribution in [-0.2, 0) is 9.53 Å². The first-order valence-electron chi connectivity index (χ1n) is 9.73. The SMILES string of the molecule is O=C(Nc1cccc(-c2nc(-c3cnn(-c4ccccc4)c3)no2)c1)C1CCCO1. The van der Waals surface area contributed by atoms with Gasteiger partial charge in [-0.05, 0) is 43.2 Å². The van der Waals surface area contributed by atoms with Gasteiger partial charge in [-0.25, -0.2) is 4.68 Å². The van der Waals surface area contributed by atoms with E-state index in [1.54, 1.807) is 16.9 Å². The number of rotatable bonds is 5. The van der Waals surface area contributed by atoms with Crippen molar-refractivity contribution in [3.8, 4) is 28.5 Å². The first kappa shape index (κ1) is 18.3. The first-order valence-corrected chi connectivity index (χ1v) is 9.73. The van der Waals surface area contributed by atoms with Crippen LogP contribution in [0.3, 0.4) is 0 Å². The van der Waals surface area contributed by atoms with Crippen molar-refractivity contribution in [1.82, 2.24) is 19.9 Å². The summed E-state index contributed by atoms with van der Waals surface area (Å²) in [7, 11) is 0. The van der Waals surface area contributed by atoms with Crippen molar-refractivity contribution in [2.24, 2.45) is 0 Å². The Labute approximate surface area is 172 Å². The monoisotopic (exact) mass is 401 g/mol. The van der Waals surface area contributed by atoms with Crippen LogP contribution in [0.4, 0.5) is 5.69 Å². The van der Waals surface area contributed by atoms with Gasteiger partial charge in [-0.15, -0.1) is 0 Å². The van der Waals surface area contributed by atoms with Crippen LogP contribution >= 0.6 is 0 Å². The Hall–Kier alpha value is -3.78. The summed E-state index contributed by atoms with van der Waals surface area (Å²) in [5.74, 6) is 0.677. The molecule has 4 aromatic rings. The Bertz CT molecular complexity index is 1160. The molecule has 0 spiro atoms. The summed E-state index contributed by atoms with van der Waals surface area (Å²) in [5, 5.41) is 11.3. The molecule has 1 aliphatic heterocycles. The van der Waals surface area contributed by atoms with Gasteiger partial charge in [0.05, 0.1) is 17.4 Å². The predicted octanol–water partition coefficient (Wildman–Crippen LogP) is 3.71. The lowest BCUT2D eigenvalue weighted by Gasteiger charge is -2.10. The van der Waals surface area contributed by atoms with Crippen molar-refractivity contribution >= 4 is 11.6 Å². The Kier molecular flexibility index (Phi) is 4.82. The number of benzene rings is 2. The quantitative estimate of drug-likeness (QED) is 0.548. The van der Waals surface area contributed by atoms with Crippen LogP contribution in [0.2, 0.25) is 0 Å². The molecule has 1 aliphatic rings. The molecule has 0 bridgehead atoms. The van der Waals surface area contributed by atoms with Crippen LogP contribution in [0.1, 0.15) is 12.8 Å². The predicted molar refractivity (Wildman–Crippen MR) is 110 cm³/mol. The number of carbonyl (C=O) groups excluding carboxylic acids is 1. The van der Waals surface area contributed by atoms with Gasteiger partial charge in [0.1, 0.15) is 6.10 Å². The number of ether oxygens (including phenoxy) is 1. The fourth-order valence-electron chi connectivity index (χ4n) is 3.36. The third-order valence-electron chi connectivity index (χ3n) is 4.89. The molecule has 1 amide bonds. The van der Waals surface area contributed by atoms with Crippen LogP contribution < -0.4 is 5.32 Å². The molecule has 0 radical (unpaired) electrons. The fourth-order valence-corrected chi connectivity index (χ4v) is 3.36. The molecule has 1 saturated heterocycles. The van der Waals surface area contributed by atoms with E-state index in [0.717, 1.165) is 24.1 Å². The highest BCUT2D eigenvalue weighted by molar-refractivity contribution is 5.94. The van der Waals surface area contributed by atoms with Crippen molar-refractivity contribution in [3.63, 3.8) is 0 Å². The molecular weight excluding hydrogens is 382 g/mol. The molecule has 8 heteroatoms. The van der Waals surface area contributed by atoms with Gasteiger partial charge in [-0.2, -0.15) is 10.1 Å². The van der Waals surface area contributed by atoms with Crippen molar-refractivity contribution in [2.45, 2.75) is 18.9 Å². The van der Waals surface area contributed by atoms with E-state index in [-0.39, 0.29) is 12.0 Å². The molecule has 3 heterocycles. The van der Waals surface area contributed by atoms with Crippen molar-refractivity contribution in [3.05, 3.63) is 67.0 Å². The Morgan fingerprint density at radius 2 is 2.00 bits per heavy atom. The number of aromatic nitrogens is 4. The minimum Gasteiger partial charge on any atom is -0.368 e. The van der Waals surface area contributed by atoms with Crippen molar-refractivity contribution in [2.75, 3.05) is 11.9 Å². The summed E-state index contributed by atoms with van der Waals surface area (Å²) >= 11 is 0. The summed E-state index contributed by atoms with van der Waals surface area (Å²) in [5.41, 5.74) is 3.07. The Morgan fingerprint density at radius 1 is 1.10 bits per heavy atom. The molecule has 1 atom stereocenters. The molecule has 8 nitrogen and oxygen atoms in total. The molecule has 1 unspecified atom stereocenters. The lowest BCUT2D eigenvalue weighted by molar-refractivity contribution is -0.124. The third kappa shape index (κ3) is 3.72. The molecule has 0 saturated carbocycles. The Balaban J connectivity index is 1.34. The summed E-state index contributed by atoms with van der Waals surface area (Å²) in [6, 6.07) is 17.1. The number of hydrogen-bond donors (Lipinski definition) is 1. The molecule has 2 aromatic carbocycles. The van der Waals surface area contributed by atoms with E-state index >= 15 is 0 Å². The molecular formula is C22H19N5O3. The number of para-hydroxylation sites is 1. The number of amides is 1. The number of anilines is 1. The van der Waals surface area contributed by atoms with Gasteiger partial charge in [0.15, 0.2) is 0 Å². The maximum atomic E-state index is 12.3. The van der Waals surface area contributed by atoms with Gasteiger partial charge in [0, 0.05) is 24.1 Å². The van der Waals surface area contributed by atoms with E-state index < -0.39 is 0 Å². The summed E-state index contributed by atoms with van der Waals surface area (Å²) < 4.78 is 12.6. The first-order chi connectivity index (χ1) is 14.8. The normalized spacial score (nSPS) is 15.9. The van der Waals surface area contributed by atoms with E-state index in [9.17, 15) is 4.79 Å². The molecule has 1 N–H and O–H groups in total. The van der Waals surface area contributed by atoms with E-state index in [1.807, 2.05) is 54.7 Å². The highest BCUT2D eigenvalue weighted by atomic mass is 16.5. The minimum absolute atomic E-state index is 0.135. The standard InChI is InChI=1S/C22H19N5O3/c28-21(19-10-5-11-29-19)24-17-7-4-6-15(12-17)22-25-20(26-30-22)16-13-23-27(14-16)18-8-2-1-3-9-18/h1-4,6-9,12-14,19H,5,10-11H2,(H,24,28). The van der Waals surface area contributed by atoms with E-state index in [1.165, 1.54) is 0 Å². The van der Waals surface area contributed by atoms with Gasteiger partial charge in [-0.3, -0.25) is 4.79 Å². The maximum absolute atomic E-state index is 12.3. The number of nitrogens with zero attached hydrogens (tertiary/aromatic N) is 4. The van der Waals surface area contributed by atoms with Crippen LogP contribution in [0, 0.1) is 0 Å². The fraction of sp³-hybridized carbons (Fsp3) is 0.182. The van der Waals surface area contributed by atoms with Crippen LogP contribution in [0.5, 0.6) is 0 Å². The minimum atomic E-state index is -0.384. The number of hydrogen-bond acceptors (Lipinski definition) is 6. The molecule has 2 aromatic heterocycles. The van der Waals surface area contributed by atoms with E-state index in [0.29, 0.717) is 29.6 Å². The topological polar surface area (TPSA) is 95.1 Å². The molecule has 0 aliphatic carbocycles. The van der Waals surface area contributed by atoms with Gasteiger partial charge < -0.3 is 14.6 Å². The smallest absolute Gasteiger partial charge is 0.258 e. The molecule has 150 valence electrons. The summed E-state index contributed by atoms with van der Waals surface area (Å²) in [4.78, 5) is 16.8. The average molecular weight is 401 g/mol. The van der Waals surface area contributed by atoms with Gasteiger partial charge >= 0.3 is 0 Å². The zero-order valence-electron chi connectivity index (χ0n) is 16.1. The van der Waals surface area contributed by atoms with Crippen LogP contribution in [-0.4, -0.2) is 38.5 Å². The average Bonchev–Trinajstić information content (AvgIpc) is 3.56.